The van der Waals surface area contributed by atoms with E-state index in [0.717, 1.165) is 21.8 Å². The molecule has 0 aliphatic heterocycles. The van der Waals surface area contributed by atoms with Gasteiger partial charge < -0.3 is 5.11 Å². The molecule has 0 radical (unpaired) electrons. The molecule has 0 saturated heterocycles. The van der Waals surface area contributed by atoms with Gasteiger partial charge in [-0.15, -0.1) is 11.8 Å². The molecule has 0 heterocycles. The molecule has 0 aliphatic rings. The average molecular weight is 495 g/mol. The van der Waals surface area contributed by atoms with Gasteiger partial charge in [-0.05, 0) is 69.8 Å². The maximum atomic E-state index is 13.4. The molecule has 2 nitrogen and oxygen atoms in total. The van der Waals surface area contributed by atoms with Crippen LogP contribution in [0, 0.1) is 3.57 Å². The van der Waals surface area contributed by atoms with Gasteiger partial charge in [-0.2, -0.15) is 0 Å². The number of rotatable bonds is 5. The van der Waals surface area contributed by atoms with Crippen molar-refractivity contribution in [3.8, 4) is 16.9 Å². The summed E-state index contributed by atoms with van der Waals surface area (Å²) in [5.41, 5.74) is 2.83. The lowest BCUT2D eigenvalue weighted by Crippen LogP contribution is -2.07. The van der Waals surface area contributed by atoms with E-state index in [0.29, 0.717) is 19.7 Å². The Morgan fingerprint density at radius 3 is 2.38 bits per heavy atom. The van der Waals surface area contributed by atoms with Crippen LogP contribution in [0.4, 0.5) is 0 Å². The molecule has 3 rings (SSSR count). The Hall–Kier alpha value is -1.50. The Morgan fingerprint density at radius 1 is 1.12 bits per heavy atom. The highest BCUT2D eigenvalue weighted by molar-refractivity contribution is 14.1. The van der Waals surface area contributed by atoms with Gasteiger partial charge in [-0.25, -0.2) is 0 Å². The smallest absolute Gasteiger partial charge is 0.194 e. The molecular weight excluding hydrogens is 479 g/mol. The summed E-state index contributed by atoms with van der Waals surface area (Å²) < 4.78 is 0.700. The molecule has 0 amide bonds. The zero-order valence-corrected chi connectivity index (χ0v) is 17.7. The number of phenolic OH excluding ortho intramolecular Hbond substituents is 1. The summed E-state index contributed by atoms with van der Waals surface area (Å²) >= 11 is 9.63. The normalized spacial score (nSPS) is 10.7. The van der Waals surface area contributed by atoms with Gasteiger partial charge in [0, 0.05) is 21.0 Å². The molecular formula is C21H16ClIO2S. The van der Waals surface area contributed by atoms with Crippen LogP contribution in [0.15, 0.2) is 65.6 Å². The first-order valence-corrected chi connectivity index (χ1v) is 10.5. The van der Waals surface area contributed by atoms with Gasteiger partial charge in [0.1, 0.15) is 5.75 Å². The Bertz CT molecular complexity index is 940. The van der Waals surface area contributed by atoms with E-state index in [9.17, 15) is 9.90 Å². The lowest BCUT2D eigenvalue weighted by Gasteiger charge is -2.17. The lowest BCUT2D eigenvalue weighted by atomic mass is 9.93. The number of ketones is 1. The van der Waals surface area contributed by atoms with E-state index in [1.54, 1.807) is 42.1 Å². The van der Waals surface area contributed by atoms with Crippen molar-refractivity contribution in [2.45, 2.75) is 11.8 Å². The van der Waals surface area contributed by atoms with Crippen LogP contribution >= 0.6 is 46.0 Å². The number of carbonyl (C=O) groups excluding carboxylic acids is 1. The molecule has 0 atom stereocenters. The number of halogens is 2. The van der Waals surface area contributed by atoms with E-state index in [1.165, 1.54) is 0 Å². The summed E-state index contributed by atoms with van der Waals surface area (Å²) in [6.07, 6.45) is 0. The minimum absolute atomic E-state index is 0.0746. The summed E-state index contributed by atoms with van der Waals surface area (Å²) in [5, 5.41) is 11.0. The lowest BCUT2D eigenvalue weighted by molar-refractivity contribution is 0.103. The van der Waals surface area contributed by atoms with E-state index >= 15 is 0 Å². The second kappa shape index (κ2) is 8.46. The molecule has 5 heteroatoms. The first kappa shape index (κ1) is 19.3. The van der Waals surface area contributed by atoms with Gasteiger partial charge >= 0.3 is 0 Å². The fourth-order valence-electron chi connectivity index (χ4n) is 2.72. The summed E-state index contributed by atoms with van der Waals surface area (Å²) in [6.45, 7) is 2.03. The van der Waals surface area contributed by atoms with E-state index in [4.69, 9.17) is 11.6 Å². The number of carbonyl (C=O) groups is 1. The van der Waals surface area contributed by atoms with Crippen LogP contribution in [0.5, 0.6) is 5.75 Å². The van der Waals surface area contributed by atoms with Crippen molar-refractivity contribution in [2.24, 2.45) is 0 Å². The molecule has 0 unspecified atom stereocenters. The first-order valence-electron chi connectivity index (χ1n) is 8.07. The molecule has 0 aliphatic carbocycles. The number of benzene rings is 3. The first-order chi connectivity index (χ1) is 12.5. The van der Waals surface area contributed by atoms with Crippen molar-refractivity contribution in [1.29, 1.82) is 0 Å². The van der Waals surface area contributed by atoms with E-state index in [-0.39, 0.29) is 11.5 Å². The second-order valence-electron chi connectivity index (χ2n) is 5.60. The summed E-state index contributed by atoms with van der Waals surface area (Å²) in [7, 11) is 0. The Labute approximate surface area is 175 Å². The maximum absolute atomic E-state index is 13.4. The maximum Gasteiger partial charge on any atom is 0.194 e. The third kappa shape index (κ3) is 3.92. The third-order valence-electron chi connectivity index (χ3n) is 3.91. The molecule has 0 spiro atoms. The van der Waals surface area contributed by atoms with E-state index in [1.807, 2.05) is 37.3 Å². The van der Waals surface area contributed by atoms with Gasteiger partial charge in [0.25, 0.3) is 0 Å². The average Bonchev–Trinajstić information content (AvgIpc) is 2.66. The molecule has 0 saturated carbocycles. The van der Waals surface area contributed by atoms with Crippen LogP contribution in [0.3, 0.4) is 0 Å². The second-order valence-corrected chi connectivity index (χ2v) is 8.39. The highest BCUT2D eigenvalue weighted by atomic mass is 127. The van der Waals surface area contributed by atoms with Crippen molar-refractivity contribution in [3.63, 3.8) is 0 Å². The molecule has 3 aromatic carbocycles. The molecule has 3 aromatic rings. The summed E-state index contributed by atoms with van der Waals surface area (Å²) in [5.74, 6) is 0.914. The van der Waals surface area contributed by atoms with E-state index < -0.39 is 0 Å². The number of phenols is 1. The van der Waals surface area contributed by atoms with Crippen molar-refractivity contribution in [2.75, 3.05) is 5.75 Å². The Balaban J connectivity index is 2.28. The van der Waals surface area contributed by atoms with Crippen LogP contribution < -0.4 is 0 Å². The summed E-state index contributed by atoms with van der Waals surface area (Å²) in [4.78, 5) is 14.2. The molecule has 0 bridgehead atoms. The standard InChI is InChI=1S/C21H16ClIO2S/c1-2-26-21-18(20(25)14-8-10-15(22)11-9-14)16(12-17(24)19(21)23)13-6-4-3-5-7-13/h3-12,24H,2H2,1H3. The van der Waals surface area contributed by atoms with Gasteiger partial charge in [0.2, 0.25) is 0 Å². The number of hydrogen-bond acceptors (Lipinski definition) is 3. The largest absolute Gasteiger partial charge is 0.507 e. The fourth-order valence-corrected chi connectivity index (χ4v) is 4.60. The summed E-state index contributed by atoms with van der Waals surface area (Å²) in [6, 6.07) is 18.3. The van der Waals surface area contributed by atoms with Crippen LogP contribution in [-0.2, 0) is 0 Å². The van der Waals surface area contributed by atoms with Crippen molar-refractivity contribution in [1.82, 2.24) is 0 Å². The van der Waals surface area contributed by atoms with Gasteiger partial charge in [0.05, 0.1) is 3.57 Å². The van der Waals surface area contributed by atoms with Gasteiger partial charge in [-0.1, -0.05) is 48.9 Å². The molecule has 0 aromatic heterocycles. The van der Waals surface area contributed by atoms with Crippen LogP contribution in [0.25, 0.3) is 11.1 Å². The Kier molecular flexibility index (Phi) is 6.27. The van der Waals surface area contributed by atoms with Gasteiger partial charge in [0.15, 0.2) is 5.78 Å². The van der Waals surface area contributed by atoms with Crippen molar-refractivity contribution >= 4 is 51.7 Å². The third-order valence-corrected chi connectivity index (χ3v) is 6.60. The molecule has 132 valence electrons. The van der Waals surface area contributed by atoms with Crippen LogP contribution in [0.2, 0.25) is 5.02 Å². The Morgan fingerprint density at radius 2 is 1.77 bits per heavy atom. The van der Waals surface area contributed by atoms with Crippen molar-refractivity contribution in [3.05, 3.63) is 80.4 Å². The van der Waals surface area contributed by atoms with E-state index in [2.05, 4.69) is 22.6 Å². The minimum Gasteiger partial charge on any atom is -0.507 e. The molecule has 1 N–H and O–H groups in total. The zero-order chi connectivity index (χ0) is 18.7. The predicted octanol–water partition coefficient (Wildman–Crippen LogP) is 6.66. The van der Waals surface area contributed by atoms with Crippen LogP contribution in [-0.4, -0.2) is 16.6 Å². The zero-order valence-electron chi connectivity index (χ0n) is 14.0. The SMILES string of the molecule is CCSc1c(I)c(O)cc(-c2ccccc2)c1C(=O)c1ccc(Cl)cc1. The number of aromatic hydroxyl groups is 1. The number of thioether (sulfide) groups is 1. The highest BCUT2D eigenvalue weighted by Gasteiger charge is 2.23. The highest BCUT2D eigenvalue weighted by Crippen LogP contribution is 2.41. The quantitative estimate of drug-likeness (QED) is 0.245. The fraction of sp³-hybridized carbons (Fsp3) is 0.0952. The van der Waals surface area contributed by atoms with Crippen molar-refractivity contribution < 1.29 is 9.90 Å². The van der Waals surface area contributed by atoms with Gasteiger partial charge in [-0.3, -0.25) is 4.79 Å². The predicted molar refractivity (Wildman–Crippen MR) is 118 cm³/mol. The minimum atomic E-state index is -0.0746. The molecule has 0 fully saturated rings. The van der Waals surface area contributed by atoms with Crippen LogP contribution in [0.1, 0.15) is 22.8 Å². The number of hydrogen-bond donors (Lipinski definition) is 1. The monoisotopic (exact) mass is 494 g/mol. The molecule has 26 heavy (non-hydrogen) atoms. The topological polar surface area (TPSA) is 37.3 Å².